The average Bonchev–Trinajstić information content (AvgIpc) is 3.29. The molecule has 0 spiro atoms. The second-order valence-electron chi connectivity index (χ2n) is 9.83. The number of likely N-dealkylation sites (N-methyl/N-ethyl adjacent to an activating group) is 1. The number of allylic oxidation sites excluding steroid dienone is 2. The fourth-order valence-corrected chi connectivity index (χ4v) is 5.68. The number of hydrogen-bond acceptors (Lipinski definition) is 5. The van der Waals surface area contributed by atoms with E-state index in [-0.39, 0.29) is 24.6 Å². The molecule has 8 nitrogen and oxygen atoms in total. The Morgan fingerprint density at radius 1 is 1.26 bits per heavy atom. The lowest BCUT2D eigenvalue weighted by Crippen LogP contribution is -2.53. The fourth-order valence-electron chi connectivity index (χ4n) is 5.68. The van der Waals surface area contributed by atoms with Crippen LogP contribution in [0.15, 0.2) is 42.0 Å². The standard InChI is InChI=1S/C27H34N4O4/c1-4-35-19-10-11-22-20(16-19)21-17-27(2)25(33)30(13-12-29(3)14-15-32)26(34)31(27)24(23(21)28-22)18-8-6-5-7-9-18/h6,8-11,16,24,28,32H,4-5,7,12-15,17H2,1-3H3/t24-,27+/m1/s1. The number of carbonyl (C=O) groups is 2. The number of fused-ring (bicyclic) bond motifs is 4. The summed E-state index contributed by atoms with van der Waals surface area (Å²) in [4.78, 5) is 36.4. The SMILES string of the molecule is CCOc1ccc2[nH]c3c(c2c1)C[C@@]1(C)C(=O)N(CCN(C)CCO)C(=O)N1[C@@H]3C1=CCCC=C1. The highest BCUT2D eigenvalue weighted by atomic mass is 16.5. The summed E-state index contributed by atoms with van der Waals surface area (Å²) in [5.41, 5.74) is 3.10. The average molecular weight is 479 g/mol. The number of hydrogen-bond donors (Lipinski definition) is 2. The molecule has 1 aromatic carbocycles. The van der Waals surface area contributed by atoms with Gasteiger partial charge in [0.05, 0.1) is 19.3 Å². The number of amides is 3. The Hall–Kier alpha value is -3.10. The van der Waals surface area contributed by atoms with Crippen molar-refractivity contribution in [3.63, 3.8) is 0 Å². The molecule has 2 aliphatic heterocycles. The van der Waals surface area contributed by atoms with Crippen molar-refractivity contribution in [3.8, 4) is 5.75 Å². The molecular weight excluding hydrogens is 444 g/mol. The molecule has 186 valence electrons. The second-order valence-corrected chi connectivity index (χ2v) is 9.83. The molecule has 5 rings (SSSR count). The lowest BCUT2D eigenvalue weighted by Gasteiger charge is -2.43. The molecular formula is C27H34N4O4. The second kappa shape index (κ2) is 9.17. The molecule has 8 heteroatoms. The van der Waals surface area contributed by atoms with Crippen LogP contribution in [0.2, 0.25) is 0 Å². The van der Waals surface area contributed by atoms with Crippen LogP contribution in [0.25, 0.3) is 10.9 Å². The first-order valence-corrected chi connectivity index (χ1v) is 12.5. The first kappa shape index (κ1) is 23.6. The number of carbonyl (C=O) groups excluding carboxylic acids is 2. The van der Waals surface area contributed by atoms with Crippen molar-refractivity contribution in [2.24, 2.45) is 0 Å². The molecule has 0 bridgehead atoms. The van der Waals surface area contributed by atoms with Gasteiger partial charge < -0.3 is 19.7 Å². The molecule has 0 saturated carbocycles. The first-order chi connectivity index (χ1) is 16.9. The van der Waals surface area contributed by atoms with Gasteiger partial charge in [-0.3, -0.25) is 14.6 Å². The third-order valence-corrected chi connectivity index (χ3v) is 7.48. The van der Waals surface area contributed by atoms with E-state index < -0.39 is 5.54 Å². The van der Waals surface area contributed by atoms with Crippen LogP contribution >= 0.6 is 0 Å². The number of ether oxygens (including phenoxy) is 1. The Bertz CT molecular complexity index is 1220. The minimum Gasteiger partial charge on any atom is -0.494 e. The van der Waals surface area contributed by atoms with E-state index in [0.29, 0.717) is 32.7 Å². The number of urea groups is 1. The summed E-state index contributed by atoms with van der Waals surface area (Å²) < 4.78 is 5.76. The van der Waals surface area contributed by atoms with Gasteiger partial charge in [0, 0.05) is 42.7 Å². The molecule has 3 aliphatic rings. The number of aliphatic hydroxyl groups is 1. The number of aliphatic hydroxyl groups excluding tert-OH is 1. The first-order valence-electron chi connectivity index (χ1n) is 12.5. The maximum Gasteiger partial charge on any atom is 0.328 e. The van der Waals surface area contributed by atoms with Crippen LogP contribution in [0.3, 0.4) is 0 Å². The summed E-state index contributed by atoms with van der Waals surface area (Å²) in [7, 11) is 1.88. The smallest absolute Gasteiger partial charge is 0.328 e. The monoisotopic (exact) mass is 478 g/mol. The molecule has 1 aliphatic carbocycles. The molecule has 2 atom stereocenters. The number of nitrogens with zero attached hydrogens (tertiary/aromatic N) is 3. The fraction of sp³-hybridized carbons (Fsp3) is 0.481. The van der Waals surface area contributed by atoms with Gasteiger partial charge >= 0.3 is 6.03 Å². The number of aromatic nitrogens is 1. The van der Waals surface area contributed by atoms with Gasteiger partial charge in [0.2, 0.25) is 0 Å². The minimum absolute atomic E-state index is 0.0379. The number of rotatable bonds is 8. The normalized spacial score (nSPS) is 23.8. The summed E-state index contributed by atoms with van der Waals surface area (Å²) >= 11 is 0. The van der Waals surface area contributed by atoms with Crippen molar-refractivity contribution >= 4 is 22.8 Å². The Balaban J connectivity index is 1.60. The number of imide groups is 1. The van der Waals surface area contributed by atoms with Crippen molar-refractivity contribution in [2.75, 3.05) is 39.9 Å². The summed E-state index contributed by atoms with van der Waals surface area (Å²) in [5, 5.41) is 10.3. The quantitative estimate of drug-likeness (QED) is 0.568. The number of benzene rings is 1. The topological polar surface area (TPSA) is 89.1 Å². The van der Waals surface area contributed by atoms with Gasteiger partial charge in [-0.2, -0.15) is 0 Å². The highest BCUT2D eigenvalue weighted by Crippen LogP contribution is 2.49. The zero-order chi connectivity index (χ0) is 24.7. The van der Waals surface area contributed by atoms with E-state index in [9.17, 15) is 14.7 Å². The van der Waals surface area contributed by atoms with Gasteiger partial charge in [-0.05, 0) is 63.1 Å². The lowest BCUT2D eigenvalue weighted by molar-refractivity contribution is -0.133. The van der Waals surface area contributed by atoms with E-state index in [1.54, 1.807) is 4.90 Å². The van der Waals surface area contributed by atoms with Crippen molar-refractivity contribution < 1.29 is 19.4 Å². The zero-order valence-corrected chi connectivity index (χ0v) is 20.7. The van der Waals surface area contributed by atoms with Gasteiger partial charge in [-0.15, -0.1) is 0 Å². The Morgan fingerprint density at radius 2 is 2.09 bits per heavy atom. The number of H-pyrrole nitrogens is 1. The third kappa shape index (κ3) is 3.85. The predicted molar refractivity (Wildman–Crippen MR) is 134 cm³/mol. The van der Waals surface area contributed by atoms with Crippen LogP contribution in [0.4, 0.5) is 4.79 Å². The predicted octanol–water partition coefficient (Wildman–Crippen LogP) is 3.39. The largest absolute Gasteiger partial charge is 0.494 e. The Morgan fingerprint density at radius 3 is 2.80 bits per heavy atom. The van der Waals surface area contributed by atoms with Crippen LogP contribution in [0, 0.1) is 0 Å². The zero-order valence-electron chi connectivity index (χ0n) is 20.7. The van der Waals surface area contributed by atoms with Gasteiger partial charge in [0.1, 0.15) is 11.3 Å². The molecule has 2 aromatic rings. The highest BCUT2D eigenvalue weighted by Gasteiger charge is 2.60. The molecule has 2 N–H and O–H groups in total. The highest BCUT2D eigenvalue weighted by molar-refractivity contribution is 6.08. The summed E-state index contributed by atoms with van der Waals surface area (Å²) in [6.07, 6.45) is 8.75. The van der Waals surface area contributed by atoms with E-state index in [4.69, 9.17) is 4.74 Å². The van der Waals surface area contributed by atoms with Gasteiger partial charge in [-0.1, -0.05) is 18.2 Å². The molecule has 35 heavy (non-hydrogen) atoms. The van der Waals surface area contributed by atoms with Crippen molar-refractivity contribution in [1.82, 2.24) is 19.7 Å². The van der Waals surface area contributed by atoms with E-state index >= 15 is 0 Å². The molecule has 3 heterocycles. The minimum atomic E-state index is -0.979. The Labute approximate surface area is 205 Å². The summed E-state index contributed by atoms with van der Waals surface area (Å²) in [6, 6.07) is 5.39. The molecule has 0 unspecified atom stereocenters. The molecule has 3 amide bonds. The van der Waals surface area contributed by atoms with E-state index in [1.165, 1.54) is 4.90 Å². The Kier molecular flexibility index (Phi) is 6.19. The van der Waals surface area contributed by atoms with E-state index in [2.05, 4.69) is 23.2 Å². The summed E-state index contributed by atoms with van der Waals surface area (Å²) in [5.74, 6) is 0.635. The van der Waals surface area contributed by atoms with Crippen molar-refractivity contribution in [2.45, 2.75) is 44.7 Å². The molecule has 1 saturated heterocycles. The van der Waals surface area contributed by atoms with Crippen LogP contribution in [0.5, 0.6) is 5.75 Å². The van der Waals surface area contributed by atoms with Crippen LogP contribution < -0.4 is 4.74 Å². The van der Waals surface area contributed by atoms with Gasteiger partial charge in [0.15, 0.2) is 0 Å². The maximum absolute atomic E-state index is 13.8. The lowest BCUT2D eigenvalue weighted by atomic mass is 9.80. The van der Waals surface area contributed by atoms with Crippen LogP contribution in [-0.4, -0.2) is 82.2 Å². The molecule has 1 fully saturated rings. The van der Waals surface area contributed by atoms with Crippen LogP contribution in [-0.2, 0) is 11.2 Å². The van der Waals surface area contributed by atoms with Crippen molar-refractivity contribution in [1.29, 1.82) is 0 Å². The van der Waals surface area contributed by atoms with Crippen molar-refractivity contribution in [3.05, 3.63) is 53.3 Å². The summed E-state index contributed by atoms with van der Waals surface area (Å²) in [6.45, 7) is 5.79. The van der Waals surface area contributed by atoms with Gasteiger partial charge in [-0.25, -0.2) is 4.79 Å². The third-order valence-electron chi connectivity index (χ3n) is 7.48. The van der Waals surface area contributed by atoms with Crippen LogP contribution in [0.1, 0.15) is 44.0 Å². The molecule has 0 radical (unpaired) electrons. The van der Waals surface area contributed by atoms with E-state index in [1.807, 2.05) is 44.0 Å². The number of aromatic amines is 1. The molecule has 1 aromatic heterocycles. The maximum atomic E-state index is 13.8. The number of nitrogens with one attached hydrogen (secondary N) is 1. The van der Waals surface area contributed by atoms with E-state index in [0.717, 1.165) is 46.3 Å². The van der Waals surface area contributed by atoms with Gasteiger partial charge in [0.25, 0.3) is 5.91 Å².